The van der Waals surface area contributed by atoms with Crippen molar-refractivity contribution in [2.75, 3.05) is 7.11 Å². The smallest absolute Gasteiger partial charge is 0.375 e. The molecule has 1 rings (SSSR count). The monoisotopic (exact) mass is 258 g/mol. The van der Waals surface area contributed by atoms with Gasteiger partial charge in [0.1, 0.15) is 0 Å². The highest BCUT2D eigenvalue weighted by molar-refractivity contribution is 5.73. The molecule has 0 radical (unpaired) electrons. The number of ether oxygens (including phenoxy) is 1. The Balaban J connectivity index is 3.63. The van der Waals surface area contributed by atoms with E-state index in [1.807, 2.05) is 0 Å². The van der Waals surface area contributed by atoms with Gasteiger partial charge in [-0.25, -0.2) is 0 Å². The highest BCUT2D eigenvalue weighted by Gasteiger charge is 2.27. The van der Waals surface area contributed by atoms with Crippen molar-refractivity contribution < 1.29 is 24.7 Å². The standard InChI is InChI=1S/C9H10N2O7/c1-18-8-4(2-6(13)14)5(3-12)10-9(15)7(8)11(16)17/h12H,2-3H2,1H3,(H,10,15)(H,13,14). The lowest BCUT2D eigenvalue weighted by atomic mass is 10.1. The fraction of sp³-hybridized carbons (Fsp3) is 0.333. The number of carboxylic acid groups (broad SMARTS) is 1. The molecule has 3 N–H and O–H groups in total. The summed E-state index contributed by atoms with van der Waals surface area (Å²) in [4.78, 5) is 33.9. The van der Waals surface area contributed by atoms with Crippen molar-refractivity contribution >= 4 is 11.7 Å². The van der Waals surface area contributed by atoms with Crippen molar-refractivity contribution in [3.05, 3.63) is 31.7 Å². The Hall–Kier alpha value is -2.42. The second-order valence-electron chi connectivity index (χ2n) is 3.28. The molecule has 0 fully saturated rings. The minimum Gasteiger partial charge on any atom is -0.490 e. The lowest BCUT2D eigenvalue weighted by Crippen LogP contribution is -2.19. The van der Waals surface area contributed by atoms with Crippen LogP contribution in [0.15, 0.2) is 4.79 Å². The van der Waals surface area contributed by atoms with Crippen molar-refractivity contribution in [1.82, 2.24) is 4.98 Å². The molecule has 0 aliphatic rings. The van der Waals surface area contributed by atoms with Crippen LogP contribution in [0.3, 0.4) is 0 Å². The second kappa shape index (κ2) is 5.27. The first kappa shape index (κ1) is 13.6. The second-order valence-corrected chi connectivity index (χ2v) is 3.28. The lowest BCUT2D eigenvalue weighted by molar-refractivity contribution is -0.387. The van der Waals surface area contributed by atoms with Crippen LogP contribution in [0.4, 0.5) is 5.69 Å². The fourth-order valence-electron chi connectivity index (χ4n) is 1.51. The average Bonchev–Trinajstić information content (AvgIpc) is 2.28. The number of aromatic nitrogens is 1. The molecule has 0 unspecified atom stereocenters. The van der Waals surface area contributed by atoms with E-state index in [0.717, 1.165) is 7.11 Å². The summed E-state index contributed by atoms with van der Waals surface area (Å²) in [5.41, 5.74) is -2.19. The van der Waals surface area contributed by atoms with Crippen molar-refractivity contribution in [3.8, 4) is 5.75 Å². The summed E-state index contributed by atoms with van der Waals surface area (Å²) in [6, 6.07) is 0. The fourth-order valence-corrected chi connectivity index (χ4v) is 1.51. The van der Waals surface area contributed by atoms with Gasteiger partial charge in [-0.3, -0.25) is 19.7 Å². The number of hydrogen-bond acceptors (Lipinski definition) is 6. The summed E-state index contributed by atoms with van der Waals surface area (Å²) in [5.74, 6) is -1.72. The van der Waals surface area contributed by atoms with Crippen LogP contribution in [0.25, 0.3) is 0 Å². The highest BCUT2D eigenvalue weighted by atomic mass is 16.6. The van der Waals surface area contributed by atoms with Gasteiger partial charge in [-0.05, 0) is 0 Å². The predicted molar refractivity (Wildman–Crippen MR) is 57.5 cm³/mol. The van der Waals surface area contributed by atoms with Gasteiger partial charge in [0.2, 0.25) is 5.75 Å². The molecule has 18 heavy (non-hydrogen) atoms. The molecule has 98 valence electrons. The van der Waals surface area contributed by atoms with E-state index in [1.165, 1.54) is 0 Å². The van der Waals surface area contributed by atoms with Crippen molar-refractivity contribution in [3.63, 3.8) is 0 Å². The zero-order valence-electron chi connectivity index (χ0n) is 9.30. The number of H-pyrrole nitrogens is 1. The summed E-state index contributed by atoms with van der Waals surface area (Å²) in [6.45, 7) is -0.661. The Morgan fingerprint density at radius 3 is 2.56 bits per heavy atom. The SMILES string of the molecule is COc1c(CC(=O)O)c(CO)[nH]c(=O)c1[N+](=O)[O-]. The molecule has 1 aromatic heterocycles. The molecule has 0 bridgehead atoms. The van der Waals surface area contributed by atoms with E-state index in [2.05, 4.69) is 4.98 Å². The van der Waals surface area contributed by atoms with Crippen LogP contribution >= 0.6 is 0 Å². The molecule has 0 amide bonds. The minimum atomic E-state index is -1.27. The van der Waals surface area contributed by atoms with Gasteiger partial charge in [0.15, 0.2) is 0 Å². The van der Waals surface area contributed by atoms with Crippen LogP contribution in [0.2, 0.25) is 0 Å². The Morgan fingerprint density at radius 1 is 1.56 bits per heavy atom. The van der Waals surface area contributed by atoms with Gasteiger partial charge in [-0.2, -0.15) is 0 Å². The molecule has 9 nitrogen and oxygen atoms in total. The number of rotatable bonds is 5. The third-order valence-corrected chi connectivity index (χ3v) is 2.21. The summed E-state index contributed by atoms with van der Waals surface area (Å²) in [7, 11) is 1.08. The largest absolute Gasteiger partial charge is 0.490 e. The Bertz CT molecular complexity index is 549. The summed E-state index contributed by atoms with van der Waals surface area (Å²) >= 11 is 0. The van der Waals surface area contributed by atoms with Crippen LogP contribution in [0.1, 0.15) is 11.3 Å². The maximum atomic E-state index is 11.4. The van der Waals surface area contributed by atoms with Gasteiger partial charge >= 0.3 is 17.2 Å². The number of aliphatic hydroxyl groups excluding tert-OH is 1. The van der Waals surface area contributed by atoms with E-state index in [-0.39, 0.29) is 11.3 Å². The van der Waals surface area contributed by atoms with E-state index in [0.29, 0.717) is 0 Å². The number of nitro groups is 1. The van der Waals surface area contributed by atoms with Crippen LogP contribution in [0.5, 0.6) is 5.75 Å². The molecule has 1 heterocycles. The maximum Gasteiger partial charge on any atom is 0.375 e. The zero-order valence-corrected chi connectivity index (χ0v) is 9.30. The molecule has 9 heteroatoms. The van der Waals surface area contributed by atoms with Crippen molar-refractivity contribution in [1.29, 1.82) is 0 Å². The first-order chi connectivity index (χ1) is 8.42. The van der Waals surface area contributed by atoms with E-state index in [9.17, 15) is 19.7 Å². The number of aliphatic hydroxyl groups is 1. The highest BCUT2D eigenvalue weighted by Crippen LogP contribution is 2.29. The topological polar surface area (TPSA) is 143 Å². The summed E-state index contributed by atoms with van der Waals surface area (Å²) in [5, 5.41) is 28.5. The number of aromatic amines is 1. The number of hydrogen-bond donors (Lipinski definition) is 3. The van der Waals surface area contributed by atoms with Gasteiger partial charge in [0, 0.05) is 5.56 Å². The van der Waals surface area contributed by atoms with E-state index in [4.69, 9.17) is 14.9 Å². The van der Waals surface area contributed by atoms with Gasteiger partial charge < -0.3 is 19.9 Å². The van der Waals surface area contributed by atoms with E-state index in [1.54, 1.807) is 0 Å². The molecule has 0 saturated heterocycles. The number of pyridine rings is 1. The maximum absolute atomic E-state index is 11.4. The zero-order chi connectivity index (χ0) is 13.9. The van der Waals surface area contributed by atoms with E-state index < -0.39 is 40.9 Å². The number of carbonyl (C=O) groups is 1. The Labute approximate surface area is 99.8 Å². The number of methoxy groups -OCH3 is 1. The summed E-state index contributed by atoms with van der Waals surface area (Å²) < 4.78 is 4.73. The number of nitrogens with zero attached hydrogens (tertiary/aromatic N) is 1. The molecule has 0 aromatic carbocycles. The minimum absolute atomic E-state index is 0.121. The number of nitrogens with one attached hydrogen (secondary N) is 1. The first-order valence-electron chi connectivity index (χ1n) is 4.71. The molecule has 0 aliphatic heterocycles. The van der Waals surface area contributed by atoms with Crippen LogP contribution in [0, 0.1) is 10.1 Å². The molecule has 0 atom stereocenters. The molecule has 0 aliphatic carbocycles. The van der Waals surface area contributed by atoms with Crippen molar-refractivity contribution in [2.45, 2.75) is 13.0 Å². The van der Waals surface area contributed by atoms with Gasteiger partial charge in [0.05, 0.1) is 30.8 Å². The van der Waals surface area contributed by atoms with Crippen LogP contribution in [-0.4, -0.2) is 33.2 Å². The third-order valence-electron chi connectivity index (χ3n) is 2.21. The normalized spacial score (nSPS) is 10.1. The predicted octanol–water partition coefficient (Wildman–Crippen LogP) is -0.589. The van der Waals surface area contributed by atoms with Crippen molar-refractivity contribution in [2.24, 2.45) is 0 Å². The average molecular weight is 258 g/mol. The molecule has 0 saturated carbocycles. The van der Waals surface area contributed by atoms with E-state index >= 15 is 0 Å². The van der Waals surface area contributed by atoms with Crippen LogP contribution < -0.4 is 10.3 Å². The van der Waals surface area contributed by atoms with Gasteiger partial charge in [-0.1, -0.05) is 0 Å². The Morgan fingerprint density at radius 2 is 2.17 bits per heavy atom. The molecular formula is C9H10N2O7. The van der Waals surface area contributed by atoms with Gasteiger partial charge in [-0.15, -0.1) is 0 Å². The third kappa shape index (κ3) is 2.46. The van der Waals surface area contributed by atoms with Gasteiger partial charge in [0.25, 0.3) is 0 Å². The lowest BCUT2D eigenvalue weighted by Gasteiger charge is -2.10. The molecule has 1 aromatic rings. The Kier molecular flexibility index (Phi) is 4.00. The molecule has 0 spiro atoms. The number of carboxylic acids is 1. The molecular weight excluding hydrogens is 248 g/mol. The first-order valence-corrected chi connectivity index (χ1v) is 4.71. The number of aliphatic carboxylic acids is 1. The summed E-state index contributed by atoms with van der Waals surface area (Å²) in [6.07, 6.45) is -0.614. The van der Waals surface area contributed by atoms with Crippen LogP contribution in [-0.2, 0) is 17.8 Å². The quantitative estimate of drug-likeness (QED) is 0.473.